The summed E-state index contributed by atoms with van der Waals surface area (Å²) < 4.78 is 5.05. The van der Waals surface area contributed by atoms with Crippen LogP contribution in [0.4, 0.5) is 5.69 Å². The van der Waals surface area contributed by atoms with Gasteiger partial charge in [0.05, 0.1) is 12.5 Å². The standard InChI is InChI=1S/C20H29N3O4.ClH/c1-3-27-20(26)16-10-12-23(13-11-16)19(25)15-5-7-17(8-6-15)22-18(24)9-4-14(2)21;/h5-8,14,16H,3-4,9-13,21H2,1-2H3,(H,22,24);1H. The molecule has 0 aromatic heterocycles. The Labute approximate surface area is 172 Å². The summed E-state index contributed by atoms with van der Waals surface area (Å²) in [5.74, 6) is -0.448. The minimum Gasteiger partial charge on any atom is -0.466 e. The number of ether oxygens (including phenoxy) is 1. The Kier molecular flexibility index (Phi) is 9.96. The number of nitrogens with one attached hydrogen (secondary N) is 1. The number of rotatable bonds is 7. The Hall–Kier alpha value is -2.12. The second-order valence-corrected chi connectivity index (χ2v) is 6.96. The lowest BCUT2D eigenvalue weighted by Crippen LogP contribution is -2.40. The Morgan fingerprint density at radius 3 is 2.36 bits per heavy atom. The predicted octanol–water partition coefficient (Wildman–Crippen LogP) is 2.59. The second kappa shape index (κ2) is 11.7. The SMILES string of the molecule is CCOC(=O)C1CCN(C(=O)c2ccc(NC(=O)CCC(C)N)cc2)CC1.Cl. The monoisotopic (exact) mass is 411 g/mol. The quantitative estimate of drug-likeness (QED) is 0.671. The summed E-state index contributed by atoms with van der Waals surface area (Å²) in [6.45, 7) is 5.12. The predicted molar refractivity (Wildman–Crippen MR) is 110 cm³/mol. The van der Waals surface area contributed by atoms with Crippen LogP contribution in [-0.4, -0.2) is 48.4 Å². The van der Waals surface area contributed by atoms with Crippen molar-refractivity contribution in [3.63, 3.8) is 0 Å². The zero-order valence-corrected chi connectivity index (χ0v) is 17.3. The highest BCUT2D eigenvalue weighted by molar-refractivity contribution is 5.96. The van der Waals surface area contributed by atoms with Crippen molar-refractivity contribution in [2.45, 2.75) is 45.6 Å². The van der Waals surface area contributed by atoms with Gasteiger partial charge in [-0.05, 0) is 57.4 Å². The minimum atomic E-state index is -0.172. The number of halogens is 1. The third-order valence-electron chi connectivity index (χ3n) is 4.64. The average Bonchev–Trinajstić information content (AvgIpc) is 2.67. The first-order valence-electron chi connectivity index (χ1n) is 9.52. The normalized spacial score (nSPS) is 15.3. The molecule has 2 rings (SSSR count). The molecule has 1 aromatic carbocycles. The maximum atomic E-state index is 12.6. The van der Waals surface area contributed by atoms with Gasteiger partial charge in [-0.2, -0.15) is 0 Å². The van der Waals surface area contributed by atoms with Crippen LogP contribution in [-0.2, 0) is 14.3 Å². The molecule has 0 spiro atoms. The Bertz CT molecular complexity index is 656. The van der Waals surface area contributed by atoms with Crippen molar-refractivity contribution in [2.75, 3.05) is 25.0 Å². The molecular formula is C20H30ClN3O4. The number of hydrogen-bond acceptors (Lipinski definition) is 5. The molecule has 0 aliphatic carbocycles. The van der Waals surface area contributed by atoms with Gasteiger partial charge in [-0.25, -0.2) is 0 Å². The molecule has 1 heterocycles. The van der Waals surface area contributed by atoms with Gasteiger partial charge in [-0.1, -0.05) is 0 Å². The van der Waals surface area contributed by atoms with E-state index in [9.17, 15) is 14.4 Å². The van der Waals surface area contributed by atoms with E-state index < -0.39 is 0 Å². The van der Waals surface area contributed by atoms with Crippen LogP contribution in [0.2, 0.25) is 0 Å². The van der Waals surface area contributed by atoms with Crippen molar-refractivity contribution in [2.24, 2.45) is 11.7 Å². The Morgan fingerprint density at radius 2 is 1.82 bits per heavy atom. The average molecular weight is 412 g/mol. The molecule has 0 bridgehead atoms. The fourth-order valence-corrected chi connectivity index (χ4v) is 3.04. The summed E-state index contributed by atoms with van der Waals surface area (Å²) >= 11 is 0. The van der Waals surface area contributed by atoms with Crippen LogP contribution in [0.25, 0.3) is 0 Å². The lowest BCUT2D eigenvalue weighted by atomic mass is 9.96. The van der Waals surface area contributed by atoms with E-state index in [1.807, 2.05) is 6.92 Å². The number of nitrogens with zero attached hydrogens (tertiary/aromatic N) is 1. The fourth-order valence-electron chi connectivity index (χ4n) is 3.04. The molecule has 0 saturated carbocycles. The molecular weight excluding hydrogens is 382 g/mol. The van der Waals surface area contributed by atoms with Gasteiger partial charge in [-0.15, -0.1) is 12.4 Å². The Balaban J connectivity index is 0.00000392. The first-order chi connectivity index (χ1) is 12.9. The van der Waals surface area contributed by atoms with Crippen LogP contribution in [0.3, 0.4) is 0 Å². The smallest absolute Gasteiger partial charge is 0.309 e. The van der Waals surface area contributed by atoms with Crippen LogP contribution >= 0.6 is 12.4 Å². The number of esters is 1. The molecule has 1 saturated heterocycles. The fraction of sp³-hybridized carbons (Fsp3) is 0.550. The molecule has 1 fully saturated rings. The van der Waals surface area contributed by atoms with Gasteiger partial charge in [-0.3, -0.25) is 14.4 Å². The van der Waals surface area contributed by atoms with Crippen molar-refractivity contribution in [1.82, 2.24) is 4.90 Å². The number of nitrogens with two attached hydrogens (primary N) is 1. The molecule has 1 aliphatic rings. The van der Waals surface area contributed by atoms with E-state index >= 15 is 0 Å². The number of amides is 2. The largest absolute Gasteiger partial charge is 0.466 e. The van der Waals surface area contributed by atoms with Gasteiger partial charge in [0.15, 0.2) is 0 Å². The van der Waals surface area contributed by atoms with Crippen LogP contribution in [0.15, 0.2) is 24.3 Å². The van der Waals surface area contributed by atoms with E-state index in [1.165, 1.54) is 0 Å². The number of anilines is 1. The molecule has 156 valence electrons. The van der Waals surface area contributed by atoms with Crippen LogP contribution in [0.5, 0.6) is 0 Å². The van der Waals surface area contributed by atoms with E-state index in [0.717, 1.165) is 0 Å². The van der Waals surface area contributed by atoms with Gasteiger partial charge in [0, 0.05) is 36.8 Å². The van der Waals surface area contributed by atoms with Crippen molar-refractivity contribution >= 4 is 35.9 Å². The molecule has 1 aliphatic heterocycles. The number of benzene rings is 1. The van der Waals surface area contributed by atoms with E-state index in [1.54, 1.807) is 36.1 Å². The molecule has 2 amide bonds. The summed E-state index contributed by atoms with van der Waals surface area (Å²) in [5, 5.41) is 2.80. The van der Waals surface area contributed by atoms with Crippen molar-refractivity contribution < 1.29 is 19.1 Å². The molecule has 1 aromatic rings. The van der Waals surface area contributed by atoms with E-state index in [2.05, 4.69) is 5.32 Å². The van der Waals surface area contributed by atoms with E-state index in [-0.39, 0.29) is 42.2 Å². The topological polar surface area (TPSA) is 102 Å². The van der Waals surface area contributed by atoms with Crippen molar-refractivity contribution in [3.8, 4) is 0 Å². The lowest BCUT2D eigenvalue weighted by Gasteiger charge is -2.31. The number of hydrogen-bond donors (Lipinski definition) is 2. The first-order valence-corrected chi connectivity index (χ1v) is 9.52. The van der Waals surface area contributed by atoms with Crippen LogP contribution in [0, 0.1) is 5.92 Å². The zero-order valence-electron chi connectivity index (χ0n) is 16.5. The maximum absolute atomic E-state index is 12.6. The third kappa shape index (κ3) is 7.13. The van der Waals surface area contributed by atoms with Crippen molar-refractivity contribution in [3.05, 3.63) is 29.8 Å². The Morgan fingerprint density at radius 1 is 1.21 bits per heavy atom. The molecule has 1 unspecified atom stereocenters. The summed E-state index contributed by atoms with van der Waals surface area (Å²) in [6, 6.07) is 6.86. The van der Waals surface area contributed by atoms with Gasteiger partial charge >= 0.3 is 5.97 Å². The lowest BCUT2D eigenvalue weighted by molar-refractivity contribution is -0.149. The van der Waals surface area contributed by atoms with Crippen molar-refractivity contribution in [1.29, 1.82) is 0 Å². The van der Waals surface area contributed by atoms with E-state index in [0.29, 0.717) is 56.6 Å². The summed E-state index contributed by atoms with van der Waals surface area (Å²) in [5.41, 5.74) is 6.87. The van der Waals surface area contributed by atoms with Crippen LogP contribution in [0.1, 0.15) is 49.9 Å². The molecule has 8 heteroatoms. The minimum absolute atomic E-state index is 0. The third-order valence-corrected chi connectivity index (χ3v) is 4.64. The number of carbonyl (C=O) groups excluding carboxylic acids is 3. The summed E-state index contributed by atoms with van der Waals surface area (Å²) in [4.78, 5) is 38.0. The molecule has 7 nitrogen and oxygen atoms in total. The number of piperidine rings is 1. The highest BCUT2D eigenvalue weighted by atomic mass is 35.5. The molecule has 28 heavy (non-hydrogen) atoms. The van der Waals surface area contributed by atoms with Gasteiger partial charge < -0.3 is 20.7 Å². The van der Waals surface area contributed by atoms with Gasteiger partial charge in [0.1, 0.15) is 0 Å². The van der Waals surface area contributed by atoms with Gasteiger partial charge in [0.25, 0.3) is 5.91 Å². The second-order valence-electron chi connectivity index (χ2n) is 6.96. The van der Waals surface area contributed by atoms with Gasteiger partial charge in [0.2, 0.25) is 5.91 Å². The maximum Gasteiger partial charge on any atom is 0.309 e. The summed E-state index contributed by atoms with van der Waals surface area (Å²) in [6.07, 6.45) is 2.24. The van der Waals surface area contributed by atoms with E-state index in [4.69, 9.17) is 10.5 Å². The number of carbonyl (C=O) groups is 3. The molecule has 0 radical (unpaired) electrons. The summed E-state index contributed by atoms with van der Waals surface area (Å²) in [7, 11) is 0. The first kappa shape index (κ1) is 23.9. The highest BCUT2D eigenvalue weighted by Gasteiger charge is 2.28. The number of likely N-dealkylation sites (tertiary alicyclic amines) is 1. The zero-order chi connectivity index (χ0) is 19.8. The molecule has 1 atom stereocenters. The highest BCUT2D eigenvalue weighted by Crippen LogP contribution is 2.21. The molecule has 3 N–H and O–H groups in total. The van der Waals surface area contributed by atoms with Crippen LogP contribution < -0.4 is 11.1 Å².